The van der Waals surface area contributed by atoms with Crippen LogP contribution in [0.5, 0.6) is 0 Å². The second kappa shape index (κ2) is 4.51. The lowest BCUT2D eigenvalue weighted by molar-refractivity contribution is -0.137. The third-order valence-corrected chi connectivity index (χ3v) is 2.66. The molecule has 1 saturated carbocycles. The highest BCUT2D eigenvalue weighted by Gasteiger charge is 2.38. The molecule has 2 amide bonds. The van der Waals surface area contributed by atoms with Crippen LogP contribution in [0.25, 0.3) is 0 Å². The summed E-state index contributed by atoms with van der Waals surface area (Å²) in [6.07, 6.45) is 2.59. The Morgan fingerprint density at radius 2 is 2.07 bits per heavy atom. The fourth-order valence-corrected chi connectivity index (χ4v) is 1.32. The number of hydrogen-bond donors (Lipinski definition) is 3. The molecule has 1 aliphatic rings. The first kappa shape index (κ1) is 11.8. The molecular formula is C10H18N2O3. The molecule has 0 spiro atoms. The average molecular weight is 214 g/mol. The topological polar surface area (TPSA) is 78.4 Å². The zero-order chi connectivity index (χ0) is 11.5. The van der Waals surface area contributed by atoms with Crippen molar-refractivity contribution >= 4 is 12.0 Å². The molecule has 1 rings (SSSR count). The van der Waals surface area contributed by atoms with E-state index in [9.17, 15) is 9.59 Å². The minimum absolute atomic E-state index is 0.0271. The molecule has 15 heavy (non-hydrogen) atoms. The summed E-state index contributed by atoms with van der Waals surface area (Å²) >= 11 is 0. The number of amides is 2. The number of urea groups is 1. The van der Waals surface area contributed by atoms with Crippen molar-refractivity contribution in [3.05, 3.63) is 0 Å². The number of aliphatic carboxylic acids is 1. The number of carboxylic acids is 1. The number of carbonyl (C=O) groups is 2. The van der Waals surface area contributed by atoms with Crippen LogP contribution in [0.15, 0.2) is 0 Å². The SMILES string of the molecule is CCC(CC(=O)O)NC(=O)NC1(C)CC1. The maximum Gasteiger partial charge on any atom is 0.315 e. The van der Waals surface area contributed by atoms with Gasteiger partial charge in [0.2, 0.25) is 0 Å². The molecule has 5 heteroatoms. The van der Waals surface area contributed by atoms with Crippen LogP contribution in [-0.4, -0.2) is 28.7 Å². The van der Waals surface area contributed by atoms with E-state index >= 15 is 0 Å². The highest BCUT2D eigenvalue weighted by molar-refractivity contribution is 5.76. The van der Waals surface area contributed by atoms with Gasteiger partial charge in [-0.15, -0.1) is 0 Å². The number of hydrogen-bond acceptors (Lipinski definition) is 2. The molecule has 1 aliphatic carbocycles. The van der Waals surface area contributed by atoms with Crippen LogP contribution < -0.4 is 10.6 Å². The van der Waals surface area contributed by atoms with Crippen molar-refractivity contribution in [2.24, 2.45) is 0 Å². The smallest absolute Gasteiger partial charge is 0.315 e. The first-order valence-electron chi connectivity index (χ1n) is 5.25. The summed E-state index contributed by atoms with van der Waals surface area (Å²) in [7, 11) is 0. The number of rotatable bonds is 5. The Hall–Kier alpha value is -1.26. The van der Waals surface area contributed by atoms with Gasteiger partial charge in [-0.3, -0.25) is 4.79 Å². The lowest BCUT2D eigenvalue weighted by Crippen LogP contribution is -2.46. The van der Waals surface area contributed by atoms with Crippen molar-refractivity contribution in [2.75, 3.05) is 0 Å². The molecular weight excluding hydrogens is 196 g/mol. The van der Waals surface area contributed by atoms with E-state index in [2.05, 4.69) is 10.6 Å². The van der Waals surface area contributed by atoms with Crippen LogP contribution in [0.1, 0.15) is 39.5 Å². The van der Waals surface area contributed by atoms with E-state index in [4.69, 9.17) is 5.11 Å². The van der Waals surface area contributed by atoms with E-state index in [1.807, 2.05) is 13.8 Å². The van der Waals surface area contributed by atoms with E-state index in [-0.39, 0.29) is 24.0 Å². The molecule has 0 bridgehead atoms. The standard InChI is InChI=1S/C10H18N2O3/c1-3-7(6-8(13)14)11-9(15)12-10(2)4-5-10/h7H,3-6H2,1-2H3,(H,13,14)(H2,11,12,15). The van der Waals surface area contributed by atoms with Crippen molar-refractivity contribution in [2.45, 2.75) is 51.1 Å². The minimum Gasteiger partial charge on any atom is -0.481 e. The van der Waals surface area contributed by atoms with Crippen molar-refractivity contribution < 1.29 is 14.7 Å². The highest BCUT2D eigenvalue weighted by atomic mass is 16.4. The summed E-state index contributed by atoms with van der Waals surface area (Å²) in [6.45, 7) is 3.83. The van der Waals surface area contributed by atoms with Gasteiger partial charge in [-0.1, -0.05) is 6.92 Å². The fourth-order valence-electron chi connectivity index (χ4n) is 1.32. The molecule has 3 N–H and O–H groups in total. The van der Waals surface area contributed by atoms with Crippen molar-refractivity contribution in [1.82, 2.24) is 10.6 Å². The Morgan fingerprint density at radius 3 is 2.47 bits per heavy atom. The molecule has 1 atom stereocenters. The van der Waals surface area contributed by atoms with E-state index in [1.165, 1.54) is 0 Å². The monoisotopic (exact) mass is 214 g/mol. The predicted octanol–water partition coefficient (Wildman–Crippen LogP) is 1.09. The van der Waals surface area contributed by atoms with E-state index in [0.717, 1.165) is 12.8 Å². The Balaban J connectivity index is 2.30. The Bertz CT molecular complexity index is 261. The van der Waals surface area contributed by atoms with Gasteiger partial charge < -0.3 is 15.7 Å². The number of carbonyl (C=O) groups excluding carboxylic acids is 1. The van der Waals surface area contributed by atoms with E-state index in [0.29, 0.717) is 6.42 Å². The number of nitrogens with one attached hydrogen (secondary N) is 2. The summed E-state index contributed by atoms with van der Waals surface area (Å²) in [4.78, 5) is 21.9. The third-order valence-electron chi connectivity index (χ3n) is 2.66. The van der Waals surface area contributed by atoms with Gasteiger partial charge >= 0.3 is 12.0 Å². The first-order chi connectivity index (χ1) is 6.95. The third kappa shape index (κ3) is 4.18. The first-order valence-corrected chi connectivity index (χ1v) is 5.25. The van der Waals surface area contributed by atoms with Gasteiger partial charge in [0.1, 0.15) is 0 Å². The van der Waals surface area contributed by atoms with Gasteiger partial charge in [0, 0.05) is 11.6 Å². The quantitative estimate of drug-likeness (QED) is 0.641. The Labute approximate surface area is 89.2 Å². The predicted molar refractivity (Wildman–Crippen MR) is 55.6 cm³/mol. The van der Waals surface area contributed by atoms with Gasteiger partial charge in [0.15, 0.2) is 0 Å². The second-order valence-corrected chi connectivity index (χ2v) is 4.36. The van der Waals surface area contributed by atoms with Gasteiger partial charge in [0.25, 0.3) is 0 Å². The maximum absolute atomic E-state index is 11.4. The lowest BCUT2D eigenvalue weighted by atomic mass is 10.1. The Kier molecular flexibility index (Phi) is 3.55. The van der Waals surface area contributed by atoms with Gasteiger partial charge in [-0.2, -0.15) is 0 Å². The normalized spacial score (nSPS) is 19.1. The van der Waals surface area contributed by atoms with Crippen LogP contribution in [-0.2, 0) is 4.79 Å². The van der Waals surface area contributed by atoms with Crippen molar-refractivity contribution in [3.63, 3.8) is 0 Å². The summed E-state index contributed by atoms with van der Waals surface area (Å²) in [6, 6.07) is -0.548. The lowest BCUT2D eigenvalue weighted by Gasteiger charge is -2.18. The number of carboxylic acid groups (broad SMARTS) is 1. The molecule has 5 nitrogen and oxygen atoms in total. The van der Waals surface area contributed by atoms with Gasteiger partial charge in [-0.05, 0) is 26.2 Å². The van der Waals surface area contributed by atoms with Crippen LogP contribution in [0.3, 0.4) is 0 Å². The van der Waals surface area contributed by atoms with E-state index < -0.39 is 5.97 Å². The molecule has 0 aromatic heterocycles. The minimum atomic E-state index is -0.889. The molecule has 0 aliphatic heterocycles. The average Bonchev–Trinajstić information content (AvgIpc) is 2.80. The molecule has 1 unspecified atom stereocenters. The van der Waals surface area contributed by atoms with Crippen LogP contribution in [0.2, 0.25) is 0 Å². The van der Waals surface area contributed by atoms with Gasteiger partial charge in [-0.25, -0.2) is 4.79 Å². The zero-order valence-electron chi connectivity index (χ0n) is 9.17. The van der Waals surface area contributed by atoms with Crippen LogP contribution in [0, 0.1) is 0 Å². The molecule has 0 aromatic rings. The summed E-state index contributed by atoms with van der Waals surface area (Å²) in [5.74, 6) is -0.889. The van der Waals surface area contributed by atoms with Crippen molar-refractivity contribution in [1.29, 1.82) is 0 Å². The van der Waals surface area contributed by atoms with Gasteiger partial charge in [0.05, 0.1) is 6.42 Å². The fraction of sp³-hybridized carbons (Fsp3) is 0.800. The molecule has 86 valence electrons. The summed E-state index contributed by atoms with van der Waals surface area (Å²) in [5, 5.41) is 14.1. The molecule has 0 aromatic carbocycles. The summed E-state index contributed by atoms with van der Waals surface area (Å²) < 4.78 is 0. The second-order valence-electron chi connectivity index (χ2n) is 4.36. The maximum atomic E-state index is 11.4. The van der Waals surface area contributed by atoms with Crippen LogP contribution >= 0.6 is 0 Å². The molecule has 0 heterocycles. The molecule has 1 fully saturated rings. The van der Waals surface area contributed by atoms with E-state index in [1.54, 1.807) is 0 Å². The molecule has 0 radical (unpaired) electrons. The van der Waals surface area contributed by atoms with Crippen molar-refractivity contribution in [3.8, 4) is 0 Å². The Morgan fingerprint density at radius 1 is 1.47 bits per heavy atom. The highest BCUT2D eigenvalue weighted by Crippen LogP contribution is 2.33. The molecule has 0 saturated heterocycles. The zero-order valence-corrected chi connectivity index (χ0v) is 9.17. The largest absolute Gasteiger partial charge is 0.481 e. The summed E-state index contributed by atoms with van der Waals surface area (Å²) in [5.41, 5.74) is -0.0639. The van der Waals surface area contributed by atoms with Crippen LogP contribution in [0.4, 0.5) is 4.79 Å².